The zero-order valence-electron chi connectivity index (χ0n) is 7.58. The van der Waals surface area contributed by atoms with Crippen LogP contribution in [0.5, 0.6) is 0 Å². The molecule has 0 atom stereocenters. The quantitative estimate of drug-likeness (QED) is 0.555. The van der Waals surface area contributed by atoms with E-state index in [1.165, 1.54) is 11.1 Å². The Labute approximate surface area is 83.8 Å². The Bertz CT molecular complexity index is 299. The monoisotopic (exact) mass is 195 g/mol. The molecule has 1 aromatic rings. The smallest absolute Gasteiger partial charge is 0.207 e. The van der Waals surface area contributed by atoms with Gasteiger partial charge in [0.2, 0.25) is 6.41 Å². The summed E-state index contributed by atoms with van der Waals surface area (Å²) in [6, 6.07) is 6.15. The number of thiol groups is 1. The van der Waals surface area contributed by atoms with Gasteiger partial charge in [0.15, 0.2) is 0 Å². The third-order valence-corrected chi connectivity index (χ3v) is 2.33. The Morgan fingerprint density at radius 2 is 2.31 bits per heavy atom. The minimum absolute atomic E-state index is 0.599. The van der Waals surface area contributed by atoms with E-state index in [4.69, 9.17) is 0 Å². The highest BCUT2D eigenvalue weighted by Crippen LogP contribution is 2.12. The molecule has 1 N–H and O–H groups in total. The maximum Gasteiger partial charge on any atom is 0.207 e. The first kappa shape index (κ1) is 10.1. The molecule has 13 heavy (non-hydrogen) atoms. The summed E-state index contributed by atoms with van der Waals surface area (Å²) in [5.41, 5.74) is 3.55. The summed E-state index contributed by atoms with van der Waals surface area (Å²) in [5.74, 6) is 0.752. The number of hydrogen-bond donors (Lipinski definition) is 2. The molecule has 0 aliphatic rings. The Morgan fingerprint density at radius 3 is 2.85 bits per heavy atom. The first-order chi connectivity index (χ1) is 6.27. The fourth-order valence-electron chi connectivity index (χ4n) is 1.21. The molecule has 0 bridgehead atoms. The van der Waals surface area contributed by atoms with Gasteiger partial charge in [-0.05, 0) is 23.6 Å². The molecule has 1 amide bonds. The van der Waals surface area contributed by atoms with Gasteiger partial charge in [0.25, 0.3) is 0 Å². The van der Waals surface area contributed by atoms with E-state index >= 15 is 0 Å². The van der Waals surface area contributed by atoms with Gasteiger partial charge in [-0.25, -0.2) is 0 Å². The van der Waals surface area contributed by atoms with Crippen molar-refractivity contribution in [2.24, 2.45) is 0 Å². The van der Waals surface area contributed by atoms with Gasteiger partial charge in [0, 0.05) is 12.3 Å². The summed E-state index contributed by atoms with van der Waals surface area (Å²) in [7, 11) is 0. The maximum atomic E-state index is 10.1. The molecular formula is C10H13NOS. The number of carbonyl (C=O) groups excluding carboxylic acids is 1. The predicted molar refractivity (Wildman–Crippen MR) is 56.8 cm³/mol. The minimum Gasteiger partial charge on any atom is -0.355 e. The van der Waals surface area contributed by atoms with Gasteiger partial charge in [0.05, 0.1) is 0 Å². The van der Waals surface area contributed by atoms with E-state index in [0.29, 0.717) is 13.0 Å². The van der Waals surface area contributed by atoms with Crippen molar-refractivity contribution < 1.29 is 4.79 Å². The first-order valence-corrected chi connectivity index (χ1v) is 4.77. The third kappa shape index (κ3) is 2.77. The van der Waals surface area contributed by atoms with E-state index in [0.717, 1.165) is 11.3 Å². The summed E-state index contributed by atoms with van der Waals surface area (Å²) in [5, 5.41) is 2.64. The average molecular weight is 195 g/mol. The van der Waals surface area contributed by atoms with Crippen LogP contribution < -0.4 is 5.32 Å². The second kappa shape index (κ2) is 4.92. The molecule has 0 unspecified atom stereocenters. The second-order valence-electron chi connectivity index (χ2n) is 2.92. The molecule has 0 radical (unpaired) electrons. The van der Waals surface area contributed by atoms with E-state index in [1.54, 1.807) is 0 Å². The summed E-state index contributed by atoms with van der Waals surface area (Å²) in [6.45, 7) is 2.64. The first-order valence-electron chi connectivity index (χ1n) is 4.14. The summed E-state index contributed by atoms with van der Waals surface area (Å²) in [6.07, 6.45) is 0.714. The molecule has 0 aliphatic heterocycles. The Morgan fingerprint density at radius 1 is 1.54 bits per heavy atom. The lowest BCUT2D eigenvalue weighted by Crippen LogP contribution is -2.10. The molecule has 70 valence electrons. The van der Waals surface area contributed by atoms with E-state index in [1.807, 2.05) is 19.1 Å². The van der Waals surface area contributed by atoms with Crippen LogP contribution in [0.4, 0.5) is 0 Å². The van der Waals surface area contributed by atoms with Crippen LogP contribution in [0.3, 0.4) is 0 Å². The highest BCUT2D eigenvalue weighted by Gasteiger charge is 1.98. The van der Waals surface area contributed by atoms with Crippen molar-refractivity contribution in [2.75, 3.05) is 0 Å². The second-order valence-corrected chi connectivity index (χ2v) is 3.23. The van der Waals surface area contributed by atoms with Crippen LogP contribution in [0.1, 0.15) is 16.7 Å². The summed E-state index contributed by atoms with van der Waals surface area (Å²) < 4.78 is 0. The molecule has 0 heterocycles. The lowest BCUT2D eigenvalue weighted by Gasteiger charge is -2.06. The van der Waals surface area contributed by atoms with E-state index in [-0.39, 0.29) is 0 Å². The Kier molecular flexibility index (Phi) is 3.83. The SMILES string of the molecule is Cc1cc(CS)ccc1CNC=O. The predicted octanol–water partition coefficient (Wildman–Crippen LogP) is 1.67. The van der Waals surface area contributed by atoms with E-state index in [9.17, 15) is 4.79 Å². The summed E-state index contributed by atoms with van der Waals surface area (Å²) >= 11 is 4.19. The van der Waals surface area contributed by atoms with Gasteiger partial charge < -0.3 is 5.32 Å². The van der Waals surface area contributed by atoms with Crippen LogP contribution in [-0.4, -0.2) is 6.41 Å². The molecule has 0 spiro atoms. The van der Waals surface area contributed by atoms with Gasteiger partial charge in [-0.3, -0.25) is 4.79 Å². The molecule has 0 saturated carbocycles. The molecule has 0 saturated heterocycles. The van der Waals surface area contributed by atoms with Crippen molar-refractivity contribution in [1.29, 1.82) is 0 Å². The standard InChI is InChI=1S/C10H13NOS/c1-8-4-9(6-13)2-3-10(8)5-11-7-12/h2-4,7,13H,5-6H2,1H3,(H,11,12). The lowest BCUT2D eigenvalue weighted by atomic mass is 10.1. The van der Waals surface area contributed by atoms with Crippen molar-refractivity contribution in [2.45, 2.75) is 19.2 Å². The van der Waals surface area contributed by atoms with Crippen molar-refractivity contribution in [1.82, 2.24) is 5.32 Å². The van der Waals surface area contributed by atoms with Crippen molar-refractivity contribution in [3.8, 4) is 0 Å². The minimum atomic E-state index is 0.599. The van der Waals surface area contributed by atoms with E-state index in [2.05, 4.69) is 24.0 Å². The maximum absolute atomic E-state index is 10.1. The molecule has 1 rings (SSSR count). The van der Waals surface area contributed by atoms with Gasteiger partial charge >= 0.3 is 0 Å². The van der Waals surface area contributed by atoms with Crippen LogP contribution >= 0.6 is 12.6 Å². The van der Waals surface area contributed by atoms with Gasteiger partial charge in [-0.15, -0.1) is 0 Å². The number of benzene rings is 1. The Hall–Kier alpha value is -0.960. The van der Waals surface area contributed by atoms with E-state index < -0.39 is 0 Å². The molecule has 0 fully saturated rings. The molecule has 0 aliphatic carbocycles. The van der Waals surface area contributed by atoms with Crippen LogP contribution in [0.2, 0.25) is 0 Å². The highest BCUT2D eigenvalue weighted by atomic mass is 32.1. The molecular weight excluding hydrogens is 182 g/mol. The van der Waals surface area contributed by atoms with Crippen molar-refractivity contribution in [3.63, 3.8) is 0 Å². The largest absolute Gasteiger partial charge is 0.355 e. The topological polar surface area (TPSA) is 29.1 Å². The molecule has 3 heteroatoms. The number of aryl methyl sites for hydroxylation is 1. The van der Waals surface area contributed by atoms with Gasteiger partial charge in [-0.1, -0.05) is 18.2 Å². The van der Waals surface area contributed by atoms with Gasteiger partial charge in [0.1, 0.15) is 0 Å². The highest BCUT2D eigenvalue weighted by molar-refractivity contribution is 7.79. The molecule has 1 aromatic carbocycles. The fraction of sp³-hybridized carbons (Fsp3) is 0.300. The number of rotatable bonds is 4. The lowest BCUT2D eigenvalue weighted by molar-refractivity contribution is -0.109. The normalized spacial score (nSPS) is 9.69. The molecule has 0 aromatic heterocycles. The number of nitrogens with one attached hydrogen (secondary N) is 1. The van der Waals surface area contributed by atoms with Crippen molar-refractivity contribution in [3.05, 3.63) is 34.9 Å². The molecule has 2 nitrogen and oxygen atoms in total. The average Bonchev–Trinajstić information content (AvgIpc) is 2.16. The van der Waals surface area contributed by atoms with Crippen LogP contribution in [0.25, 0.3) is 0 Å². The number of carbonyl (C=O) groups is 1. The van der Waals surface area contributed by atoms with Crippen LogP contribution in [0.15, 0.2) is 18.2 Å². The van der Waals surface area contributed by atoms with Crippen molar-refractivity contribution >= 4 is 19.0 Å². The van der Waals surface area contributed by atoms with Crippen LogP contribution in [-0.2, 0) is 17.1 Å². The number of hydrogen-bond acceptors (Lipinski definition) is 2. The zero-order valence-corrected chi connectivity index (χ0v) is 8.47. The zero-order chi connectivity index (χ0) is 9.68. The third-order valence-electron chi connectivity index (χ3n) is 1.97. The van der Waals surface area contributed by atoms with Crippen LogP contribution in [0, 0.1) is 6.92 Å². The van der Waals surface area contributed by atoms with Gasteiger partial charge in [-0.2, -0.15) is 12.6 Å². The Balaban J connectivity index is 2.78. The number of amides is 1. The fourth-order valence-corrected chi connectivity index (χ4v) is 1.40. The summed E-state index contributed by atoms with van der Waals surface area (Å²) in [4.78, 5) is 10.1.